The lowest BCUT2D eigenvalue weighted by molar-refractivity contribution is -0.121. The maximum atomic E-state index is 11.9. The number of aryl methyl sites for hydroxylation is 1. The monoisotopic (exact) mass is 234 g/mol. The summed E-state index contributed by atoms with van der Waals surface area (Å²) in [4.78, 5) is 22.9. The van der Waals surface area contributed by atoms with E-state index in [4.69, 9.17) is 5.73 Å². The Balaban J connectivity index is 2.70. The first-order valence-corrected chi connectivity index (χ1v) is 5.58. The summed E-state index contributed by atoms with van der Waals surface area (Å²) in [6.45, 7) is 5.39. The van der Waals surface area contributed by atoms with Gasteiger partial charge in [0, 0.05) is 11.6 Å². The molecule has 2 amide bonds. The van der Waals surface area contributed by atoms with Gasteiger partial charge in [-0.25, -0.2) is 0 Å². The van der Waals surface area contributed by atoms with E-state index in [0.717, 1.165) is 5.56 Å². The third kappa shape index (κ3) is 3.59. The molecule has 0 saturated carbocycles. The highest BCUT2D eigenvalue weighted by molar-refractivity contribution is 5.94. The van der Waals surface area contributed by atoms with Gasteiger partial charge in [-0.2, -0.15) is 0 Å². The molecule has 1 rings (SSSR count). The van der Waals surface area contributed by atoms with Crippen LogP contribution in [0.4, 0.5) is 0 Å². The first-order valence-electron chi connectivity index (χ1n) is 5.58. The minimum absolute atomic E-state index is 0.186. The average Bonchev–Trinajstić information content (AvgIpc) is 2.27. The van der Waals surface area contributed by atoms with Crippen LogP contribution in [0, 0.1) is 12.8 Å². The molecule has 1 aromatic rings. The molecule has 0 aromatic heterocycles. The molecular formula is C13H18N2O2. The van der Waals surface area contributed by atoms with Crippen LogP contribution in [0.15, 0.2) is 24.3 Å². The molecule has 0 aliphatic heterocycles. The highest BCUT2D eigenvalue weighted by atomic mass is 16.2. The van der Waals surface area contributed by atoms with Gasteiger partial charge in [-0.05, 0) is 26.0 Å². The Morgan fingerprint density at radius 1 is 1.29 bits per heavy atom. The standard InChI is InChI=1S/C13H18N2O2/c1-8-5-4-6-11(7-8)13(17)15-10(3)9(2)12(14)16/h4-7,9-10H,1-3H3,(H2,14,16)(H,15,17). The van der Waals surface area contributed by atoms with Crippen LogP contribution in [-0.4, -0.2) is 17.9 Å². The third-order valence-corrected chi connectivity index (χ3v) is 2.84. The summed E-state index contributed by atoms with van der Waals surface area (Å²) in [5, 5.41) is 2.76. The third-order valence-electron chi connectivity index (χ3n) is 2.84. The summed E-state index contributed by atoms with van der Waals surface area (Å²) in [5.74, 6) is -0.986. The Morgan fingerprint density at radius 3 is 2.47 bits per heavy atom. The lowest BCUT2D eigenvalue weighted by Crippen LogP contribution is -2.42. The number of carbonyl (C=O) groups excluding carboxylic acids is 2. The Labute approximate surface area is 101 Å². The van der Waals surface area contributed by atoms with Crippen molar-refractivity contribution < 1.29 is 9.59 Å². The molecule has 0 bridgehead atoms. The number of rotatable bonds is 4. The molecule has 92 valence electrons. The van der Waals surface area contributed by atoms with Crippen molar-refractivity contribution >= 4 is 11.8 Å². The largest absolute Gasteiger partial charge is 0.369 e. The number of carbonyl (C=O) groups is 2. The van der Waals surface area contributed by atoms with Gasteiger partial charge in [0.1, 0.15) is 0 Å². The highest BCUT2D eigenvalue weighted by Crippen LogP contribution is 2.06. The number of primary amides is 1. The van der Waals surface area contributed by atoms with Crippen molar-refractivity contribution in [3.05, 3.63) is 35.4 Å². The van der Waals surface area contributed by atoms with Crippen LogP contribution in [0.1, 0.15) is 29.8 Å². The molecule has 1 aromatic carbocycles. The second-order valence-electron chi connectivity index (χ2n) is 4.32. The first kappa shape index (κ1) is 13.2. The fourth-order valence-corrected chi connectivity index (χ4v) is 1.45. The smallest absolute Gasteiger partial charge is 0.251 e. The SMILES string of the molecule is Cc1cccc(C(=O)NC(C)C(C)C(N)=O)c1. The Hall–Kier alpha value is -1.84. The van der Waals surface area contributed by atoms with Crippen LogP contribution >= 0.6 is 0 Å². The summed E-state index contributed by atoms with van der Waals surface area (Å²) in [5.41, 5.74) is 6.80. The Kier molecular flexibility index (Phi) is 4.26. The molecule has 2 unspecified atom stereocenters. The van der Waals surface area contributed by atoms with E-state index in [1.807, 2.05) is 19.1 Å². The van der Waals surface area contributed by atoms with Crippen LogP contribution in [0.3, 0.4) is 0 Å². The van der Waals surface area contributed by atoms with E-state index in [9.17, 15) is 9.59 Å². The van der Waals surface area contributed by atoms with Crippen molar-refractivity contribution in [2.75, 3.05) is 0 Å². The summed E-state index contributed by atoms with van der Waals surface area (Å²) in [7, 11) is 0. The number of amides is 2. The minimum atomic E-state index is -0.415. The lowest BCUT2D eigenvalue weighted by Gasteiger charge is -2.18. The van der Waals surface area contributed by atoms with Crippen LogP contribution in [0.25, 0.3) is 0 Å². The Bertz CT molecular complexity index is 429. The summed E-state index contributed by atoms with van der Waals surface area (Å²) < 4.78 is 0. The number of benzene rings is 1. The fourth-order valence-electron chi connectivity index (χ4n) is 1.45. The molecule has 0 spiro atoms. The molecule has 0 heterocycles. The van der Waals surface area contributed by atoms with Gasteiger partial charge in [0.15, 0.2) is 0 Å². The van der Waals surface area contributed by atoms with E-state index in [-0.39, 0.29) is 17.9 Å². The molecule has 4 nitrogen and oxygen atoms in total. The predicted octanol–water partition coefficient (Wildman–Crippen LogP) is 1.23. The van der Waals surface area contributed by atoms with Gasteiger partial charge in [0.05, 0.1) is 5.92 Å². The van der Waals surface area contributed by atoms with Crippen molar-refractivity contribution in [2.24, 2.45) is 11.7 Å². The van der Waals surface area contributed by atoms with Crippen molar-refractivity contribution in [3.8, 4) is 0 Å². The molecule has 0 saturated heterocycles. The molecule has 0 radical (unpaired) electrons. The number of hydrogen-bond donors (Lipinski definition) is 2. The van der Waals surface area contributed by atoms with E-state index in [1.54, 1.807) is 26.0 Å². The Morgan fingerprint density at radius 2 is 1.94 bits per heavy atom. The zero-order chi connectivity index (χ0) is 13.0. The lowest BCUT2D eigenvalue weighted by atomic mass is 10.0. The van der Waals surface area contributed by atoms with Gasteiger partial charge >= 0.3 is 0 Å². The second-order valence-corrected chi connectivity index (χ2v) is 4.32. The highest BCUT2D eigenvalue weighted by Gasteiger charge is 2.19. The molecule has 17 heavy (non-hydrogen) atoms. The van der Waals surface area contributed by atoms with Gasteiger partial charge in [-0.1, -0.05) is 24.6 Å². The molecule has 0 fully saturated rings. The zero-order valence-corrected chi connectivity index (χ0v) is 10.4. The van der Waals surface area contributed by atoms with Crippen LogP contribution < -0.4 is 11.1 Å². The minimum Gasteiger partial charge on any atom is -0.369 e. The quantitative estimate of drug-likeness (QED) is 0.822. The number of nitrogens with two attached hydrogens (primary N) is 1. The molecule has 0 aliphatic rings. The van der Waals surface area contributed by atoms with Crippen molar-refractivity contribution in [2.45, 2.75) is 26.8 Å². The summed E-state index contributed by atoms with van der Waals surface area (Å²) >= 11 is 0. The van der Waals surface area contributed by atoms with Crippen molar-refractivity contribution in [1.29, 1.82) is 0 Å². The molecule has 4 heteroatoms. The molecule has 2 atom stereocenters. The van der Waals surface area contributed by atoms with Gasteiger partial charge in [0.2, 0.25) is 5.91 Å². The van der Waals surface area contributed by atoms with Crippen LogP contribution in [-0.2, 0) is 4.79 Å². The van der Waals surface area contributed by atoms with Crippen molar-refractivity contribution in [3.63, 3.8) is 0 Å². The van der Waals surface area contributed by atoms with Gasteiger partial charge in [-0.15, -0.1) is 0 Å². The topological polar surface area (TPSA) is 72.2 Å². The zero-order valence-electron chi connectivity index (χ0n) is 10.4. The summed E-state index contributed by atoms with van der Waals surface area (Å²) in [6, 6.07) is 7.01. The molecular weight excluding hydrogens is 216 g/mol. The maximum Gasteiger partial charge on any atom is 0.251 e. The normalized spacial score (nSPS) is 13.8. The van der Waals surface area contributed by atoms with Gasteiger partial charge < -0.3 is 11.1 Å². The van der Waals surface area contributed by atoms with E-state index in [0.29, 0.717) is 5.56 Å². The van der Waals surface area contributed by atoms with Crippen LogP contribution in [0.2, 0.25) is 0 Å². The average molecular weight is 234 g/mol. The van der Waals surface area contributed by atoms with E-state index in [1.165, 1.54) is 0 Å². The fraction of sp³-hybridized carbons (Fsp3) is 0.385. The van der Waals surface area contributed by atoms with E-state index < -0.39 is 5.91 Å². The van der Waals surface area contributed by atoms with E-state index >= 15 is 0 Å². The summed E-state index contributed by atoms with van der Waals surface area (Å²) in [6.07, 6.45) is 0. The second kappa shape index (κ2) is 5.48. The number of hydrogen-bond acceptors (Lipinski definition) is 2. The van der Waals surface area contributed by atoms with Gasteiger partial charge in [-0.3, -0.25) is 9.59 Å². The maximum absolute atomic E-state index is 11.9. The van der Waals surface area contributed by atoms with Crippen LogP contribution in [0.5, 0.6) is 0 Å². The predicted molar refractivity (Wildman–Crippen MR) is 66.5 cm³/mol. The van der Waals surface area contributed by atoms with E-state index in [2.05, 4.69) is 5.32 Å². The van der Waals surface area contributed by atoms with Crippen molar-refractivity contribution in [1.82, 2.24) is 5.32 Å². The number of nitrogens with one attached hydrogen (secondary N) is 1. The van der Waals surface area contributed by atoms with Gasteiger partial charge in [0.25, 0.3) is 5.91 Å². The first-order chi connectivity index (χ1) is 7.91. The molecule has 3 N–H and O–H groups in total. The molecule has 0 aliphatic carbocycles.